The standard InChI is InChI=1S/C24H24N4O2/c1-24(23(30)25-15-17-8-4-2-5-9-17)16-27-21(22(29)28(24)19-12-13-19)14-20(26-27)18-10-6-3-7-11-18/h2-11,14,19H,12-13,15-16H2,1H3,(H,25,30). The number of hydrogen-bond donors (Lipinski definition) is 1. The average Bonchev–Trinajstić information content (AvgIpc) is 3.51. The second-order valence-electron chi connectivity index (χ2n) is 8.29. The lowest BCUT2D eigenvalue weighted by Crippen LogP contribution is -2.64. The fourth-order valence-corrected chi connectivity index (χ4v) is 4.23. The lowest BCUT2D eigenvalue weighted by atomic mass is 9.94. The molecule has 1 aromatic heterocycles. The minimum Gasteiger partial charge on any atom is -0.350 e. The Morgan fingerprint density at radius 1 is 1.10 bits per heavy atom. The summed E-state index contributed by atoms with van der Waals surface area (Å²) in [6.45, 7) is 2.64. The zero-order valence-corrected chi connectivity index (χ0v) is 16.9. The van der Waals surface area contributed by atoms with Crippen molar-refractivity contribution in [1.29, 1.82) is 0 Å². The highest BCUT2D eigenvalue weighted by molar-refractivity contribution is 6.00. The third-order valence-corrected chi connectivity index (χ3v) is 5.97. The van der Waals surface area contributed by atoms with Crippen molar-refractivity contribution in [1.82, 2.24) is 20.0 Å². The Morgan fingerprint density at radius 3 is 2.43 bits per heavy atom. The molecule has 30 heavy (non-hydrogen) atoms. The quantitative estimate of drug-likeness (QED) is 0.715. The maximum Gasteiger partial charge on any atom is 0.273 e. The number of nitrogens with zero attached hydrogens (tertiary/aromatic N) is 3. The van der Waals surface area contributed by atoms with Gasteiger partial charge in [0.25, 0.3) is 5.91 Å². The SMILES string of the molecule is CC1(C(=O)NCc2ccccc2)Cn2nc(-c3ccccc3)cc2C(=O)N1C1CC1. The summed E-state index contributed by atoms with van der Waals surface area (Å²) >= 11 is 0. The Kier molecular flexibility index (Phi) is 4.42. The number of hydrogen-bond acceptors (Lipinski definition) is 3. The van der Waals surface area contributed by atoms with Crippen molar-refractivity contribution in [2.45, 2.75) is 44.4 Å². The molecule has 1 saturated carbocycles. The van der Waals surface area contributed by atoms with Crippen LogP contribution in [0.4, 0.5) is 0 Å². The van der Waals surface area contributed by atoms with Gasteiger partial charge in [-0.15, -0.1) is 0 Å². The summed E-state index contributed by atoms with van der Waals surface area (Å²) in [4.78, 5) is 28.5. The van der Waals surface area contributed by atoms with Crippen LogP contribution in [0.25, 0.3) is 11.3 Å². The van der Waals surface area contributed by atoms with Crippen molar-refractivity contribution in [3.63, 3.8) is 0 Å². The van der Waals surface area contributed by atoms with Crippen LogP contribution in [0, 0.1) is 0 Å². The molecule has 1 fully saturated rings. The predicted octanol–water partition coefficient (Wildman–Crippen LogP) is 3.24. The maximum absolute atomic E-state index is 13.4. The summed E-state index contributed by atoms with van der Waals surface area (Å²) in [5.41, 5.74) is 2.32. The molecule has 1 N–H and O–H groups in total. The second kappa shape index (κ2) is 7.13. The first-order valence-corrected chi connectivity index (χ1v) is 10.4. The van der Waals surface area contributed by atoms with E-state index in [2.05, 4.69) is 10.4 Å². The third kappa shape index (κ3) is 3.18. The zero-order valence-electron chi connectivity index (χ0n) is 16.9. The molecule has 0 saturated heterocycles. The minimum atomic E-state index is -0.972. The van der Waals surface area contributed by atoms with Crippen LogP contribution in [0.3, 0.4) is 0 Å². The molecule has 5 rings (SSSR count). The van der Waals surface area contributed by atoms with E-state index in [-0.39, 0.29) is 17.9 Å². The van der Waals surface area contributed by atoms with Crippen LogP contribution < -0.4 is 5.32 Å². The van der Waals surface area contributed by atoms with Crippen molar-refractivity contribution in [2.24, 2.45) is 0 Å². The van der Waals surface area contributed by atoms with E-state index in [1.165, 1.54) is 0 Å². The van der Waals surface area contributed by atoms with Gasteiger partial charge in [0.2, 0.25) is 5.91 Å². The van der Waals surface area contributed by atoms with E-state index in [9.17, 15) is 9.59 Å². The van der Waals surface area contributed by atoms with Gasteiger partial charge in [0.05, 0.1) is 12.2 Å². The molecule has 2 heterocycles. The minimum absolute atomic E-state index is 0.115. The molecular formula is C24H24N4O2. The van der Waals surface area contributed by atoms with Gasteiger partial charge in [-0.3, -0.25) is 14.3 Å². The van der Waals surface area contributed by atoms with Crippen molar-refractivity contribution in [2.75, 3.05) is 0 Å². The van der Waals surface area contributed by atoms with Crippen LogP contribution >= 0.6 is 0 Å². The van der Waals surface area contributed by atoms with Crippen molar-refractivity contribution >= 4 is 11.8 Å². The van der Waals surface area contributed by atoms with Gasteiger partial charge in [0.1, 0.15) is 11.2 Å². The Balaban J connectivity index is 1.46. The molecular weight excluding hydrogens is 376 g/mol. The van der Waals surface area contributed by atoms with Crippen molar-refractivity contribution < 1.29 is 9.59 Å². The normalized spacial score (nSPS) is 20.7. The Hall–Kier alpha value is -3.41. The summed E-state index contributed by atoms with van der Waals surface area (Å²) < 4.78 is 1.70. The number of benzene rings is 2. The van der Waals surface area contributed by atoms with Crippen LogP contribution in [0.5, 0.6) is 0 Å². The topological polar surface area (TPSA) is 67.2 Å². The number of aromatic nitrogens is 2. The van der Waals surface area contributed by atoms with Gasteiger partial charge in [-0.05, 0) is 31.4 Å². The number of carbonyl (C=O) groups excluding carboxylic acids is 2. The largest absolute Gasteiger partial charge is 0.350 e. The number of rotatable bonds is 5. The van der Waals surface area contributed by atoms with Gasteiger partial charge in [-0.25, -0.2) is 0 Å². The van der Waals surface area contributed by atoms with Crippen LogP contribution in [-0.2, 0) is 17.9 Å². The van der Waals surface area contributed by atoms with E-state index in [1.807, 2.05) is 73.7 Å². The van der Waals surface area contributed by atoms with Gasteiger partial charge < -0.3 is 10.2 Å². The summed E-state index contributed by atoms with van der Waals surface area (Å²) in [6.07, 6.45) is 1.87. The number of amides is 2. The van der Waals surface area contributed by atoms with E-state index in [0.717, 1.165) is 29.7 Å². The molecule has 6 heteroatoms. The first-order chi connectivity index (χ1) is 14.6. The van der Waals surface area contributed by atoms with E-state index >= 15 is 0 Å². The first kappa shape index (κ1) is 18.6. The van der Waals surface area contributed by atoms with Crippen LogP contribution in [0.2, 0.25) is 0 Å². The van der Waals surface area contributed by atoms with E-state index in [1.54, 1.807) is 9.58 Å². The average molecular weight is 400 g/mol. The molecule has 2 amide bonds. The molecule has 0 spiro atoms. The Morgan fingerprint density at radius 2 is 1.77 bits per heavy atom. The molecule has 3 aromatic rings. The van der Waals surface area contributed by atoms with Gasteiger partial charge in [-0.1, -0.05) is 60.7 Å². The van der Waals surface area contributed by atoms with Gasteiger partial charge >= 0.3 is 0 Å². The molecule has 0 bridgehead atoms. The van der Waals surface area contributed by atoms with Crippen molar-refractivity contribution in [3.05, 3.63) is 78.0 Å². The molecule has 1 aliphatic heterocycles. The molecule has 2 aliphatic rings. The number of nitrogens with one attached hydrogen (secondary N) is 1. The lowest BCUT2D eigenvalue weighted by molar-refractivity contribution is -0.133. The van der Waals surface area contributed by atoms with Gasteiger partial charge in [0.15, 0.2) is 0 Å². The molecule has 1 aliphatic carbocycles. The number of fused-ring (bicyclic) bond motifs is 1. The zero-order chi connectivity index (χ0) is 20.7. The fourth-order valence-electron chi connectivity index (χ4n) is 4.23. The van der Waals surface area contributed by atoms with Gasteiger partial charge in [0, 0.05) is 18.2 Å². The molecule has 152 valence electrons. The van der Waals surface area contributed by atoms with E-state index in [0.29, 0.717) is 18.8 Å². The molecule has 6 nitrogen and oxygen atoms in total. The summed E-state index contributed by atoms with van der Waals surface area (Å²) in [5, 5.41) is 7.71. The predicted molar refractivity (Wildman–Crippen MR) is 114 cm³/mol. The highest BCUT2D eigenvalue weighted by atomic mass is 16.2. The monoisotopic (exact) mass is 400 g/mol. The van der Waals surface area contributed by atoms with Gasteiger partial charge in [-0.2, -0.15) is 5.10 Å². The maximum atomic E-state index is 13.4. The summed E-state index contributed by atoms with van der Waals surface area (Å²) in [7, 11) is 0. The molecule has 1 atom stereocenters. The fraction of sp³-hybridized carbons (Fsp3) is 0.292. The third-order valence-electron chi connectivity index (χ3n) is 5.97. The molecule has 1 unspecified atom stereocenters. The summed E-state index contributed by atoms with van der Waals surface area (Å²) in [5.74, 6) is -0.259. The van der Waals surface area contributed by atoms with E-state index < -0.39 is 5.54 Å². The second-order valence-corrected chi connectivity index (χ2v) is 8.29. The number of carbonyl (C=O) groups is 2. The first-order valence-electron chi connectivity index (χ1n) is 10.4. The van der Waals surface area contributed by atoms with Crippen LogP contribution in [0.1, 0.15) is 35.8 Å². The smallest absolute Gasteiger partial charge is 0.273 e. The van der Waals surface area contributed by atoms with E-state index in [4.69, 9.17) is 0 Å². The Bertz CT molecular complexity index is 1090. The van der Waals surface area contributed by atoms with Crippen LogP contribution in [-0.4, -0.2) is 38.1 Å². The highest BCUT2D eigenvalue weighted by Gasteiger charge is 2.53. The van der Waals surface area contributed by atoms with Crippen LogP contribution in [0.15, 0.2) is 66.7 Å². The Labute approximate surface area is 175 Å². The summed E-state index contributed by atoms with van der Waals surface area (Å²) in [6, 6.07) is 21.6. The molecule has 2 aromatic carbocycles. The molecule has 0 radical (unpaired) electrons. The van der Waals surface area contributed by atoms with Crippen molar-refractivity contribution in [3.8, 4) is 11.3 Å². The lowest BCUT2D eigenvalue weighted by Gasteiger charge is -2.43. The highest BCUT2D eigenvalue weighted by Crippen LogP contribution is 2.38.